The summed E-state index contributed by atoms with van der Waals surface area (Å²) in [7, 11) is -3.24. The van der Waals surface area contributed by atoms with Crippen molar-refractivity contribution in [3.63, 3.8) is 0 Å². The fourth-order valence-electron chi connectivity index (χ4n) is 1.83. The highest BCUT2D eigenvalue weighted by molar-refractivity contribution is 7.88. The van der Waals surface area contributed by atoms with Gasteiger partial charge in [0.25, 0.3) is 0 Å². The highest BCUT2D eigenvalue weighted by Crippen LogP contribution is 2.15. The first-order valence-electron chi connectivity index (χ1n) is 4.74. The number of carboxylic acid groups (broad SMARTS) is 1. The molecule has 0 spiro atoms. The Hall–Kier alpha value is -0.660. The lowest BCUT2D eigenvalue weighted by molar-refractivity contribution is -0.138. The van der Waals surface area contributed by atoms with E-state index in [4.69, 9.17) is 5.11 Å². The predicted octanol–water partition coefficient (Wildman–Crippen LogP) is -0.917. The quantitative estimate of drug-likeness (QED) is 0.662. The molecule has 1 rings (SSSR count). The molecule has 0 aromatic heterocycles. The monoisotopic (exact) mass is 236 g/mol. The Labute approximate surface area is 89.3 Å². The van der Waals surface area contributed by atoms with Crippen molar-refractivity contribution in [2.75, 3.05) is 19.3 Å². The van der Waals surface area contributed by atoms with Crippen LogP contribution in [0, 0.1) is 0 Å². The fourth-order valence-corrected chi connectivity index (χ4v) is 3.01. The number of hydrogen-bond donors (Lipinski definition) is 2. The van der Waals surface area contributed by atoms with E-state index in [1.807, 2.05) is 0 Å². The first-order valence-corrected chi connectivity index (χ1v) is 6.59. The lowest BCUT2D eigenvalue weighted by atomic mass is 10.0. The van der Waals surface area contributed by atoms with E-state index in [9.17, 15) is 13.2 Å². The van der Waals surface area contributed by atoms with Gasteiger partial charge in [-0.05, 0) is 6.92 Å². The maximum atomic E-state index is 11.4. The van der Waals surface area contributed by atoms with Gasteiger partial charge in [-0.1, -0.05) is 0 Å². The number of carboxylic acids is 1. The summed E-state index contributed by atoms with van der Waals surface area (Å²) in [6.45, 7) is 2.62. The molecule has 2 atom stereocenters. The molecule has 0 radical (unpaired) electrons. The summed E-state index contributed by atoms with van der Waals surface area (Å²) in [5.41, 5.74) is 0. The Morgan fingerprint density at radius 3 is 2.67 bits per heavy atom. The normalized spacial score (nSPS) is 28.9. The number of piperazine rings is 1. The lowest BCUT2D eigenvalue weighted by Crippen LogP contribution is -2.58. The number of aliphatic carboxylic acids is 1. The van der Waals surface area contributed by atoms with Crippen molar-refractivity contribution in [1.82, 2.24) is 9.62 Å². The van der Waals surface area contributed by atoms with Gasteiger partial charge in [-0.3, -0.25) is 4.79 Å². The van der Waals surface area contributed by atoms with E-state index in [0.29, 0.717) is 13.1 Å². The van der Waals surface area contributed by atoms with Crippen LogP contribution in [0.15, 0.2) is 0 Å². The molecule has 0 amide bonds. The molecule has 1 fully saturated rings. The molecule has 1 heterocycles. The molecule has 1 aliphatic heterocycles. The molecular formula is C8H16N2O4S. The summed E-state index contributed by atoms with van der Waals surface area (Å²) in [5, 5.41) is 11.7. The number of sulfonamides is 1. The first kappa shape index (κ1) is 12.4. The Balaban J connectivity index is 2.75. The zero-order valence-electron chi connectivity index (χ0n) is 8.80. The Morgan fingerprint density at radius 2 is 2.20 bits per heavy atom. The van der Waals surface area contributed by atoms with Crippen LogP contribution in [0.4, 0.5) is 0 Å². The minimum absolute atomic E-state index is 0.0623. The van der Waals surface area contributed by atoms with Gasteiger partial charge in [0.05, 0.1) is 12.7 Å². The molecule has 6 nitrogen and oxygen atoms in total. The van der Waals surface area contributed by atoms with Gasteiger partial charge in [0.2, 0.25) is 10.0 Å². The minimum Gasteiger partial charge on any atom is -0.481 e. The van der Waals surface area contributed by atoms with Gasteiger partial charge in [-0.15, -0.1) is 0 Å². The number of hydrogen-bond acceptors (Lipinski definition) is 4. The third-order valence-electron chi connectivity index (χ3n) is 2.60. The maximum absolute atomic E-state index is 11.4. The predicted molar refractivity (Wildman–Crippen MR) is 55.1 cm³/mol. The molecule has 1 aliphatic rings. The molecule has 7 heteroatoms. The van der Waals surface area contributed by atoms with Gasteiger partial charge < -0.3 is 10.4 Å². The van der Waals surface area contributed by atoms with Crippen molar-refractivity contribution in [2.24, 2.45) is 0 Å². The second-order valence-corrected chi connectivity index (χ2v) is 5.71. The van der Waals surface area contributed by atoms with E-state index in [-0.39, 0.29) is 18.5 Å². The Kier molecular flexibility index (Phi) is 3.69. The third-order valence-corrected chi connectivity index (χ3v) is 3.96. The molecule has 0 aromatic carbocycles. The zero-order valence-corrected chi connectivity index (χ0v) is 9.62. The van der Waals surface area contributed by atoms with Crippen LogP contribution in [-0.4, -0.2) is 55.2 Å². The first-order chi connectivity index (χ1) is 6.82. The van der Waals surface area contributed by atoms with E-state index < -0.39 is 16.0 Å². The second-order valence-electron chi connectivity index (χ2n) is 3.77. The van der Waals surface area contributed by atoms with Crippen LogP contribution < -0.4 is 5.32 Å². The molecule has 0 bridgehead atoms. The molecule has 1 saturated heterocycles. The number of carbonyl (C=O) groups is 1. The maximum Gasteiger partial charge on any atom is 0.304 e. The van der Waals surface area contributed by atoms with Crippen LogP contribution in [0.3, 0.4) is 0 Å². The van der Waals surface area contributed by atoms with Gasteiger partial charge in [0, 0.05) is 25.2 Å². The molecule has 88 valence electrons. The largest absolute Gasteiger partial charge is 0.481 e. The van der Waals surface area contributed by atoms with Crippen LogP contribution >= 0.6 is 0 Å². The number of rotatable bonds is 3. The van der Waals surface area contributed by atoms with E-state index in [1.54, 1.807) is 6.92 Å². The second kappa shape index (κ2) is 4.46. The zero-order chi connectivity index (χ0) is 11.6. The summed E-state index contributed by atoms with van der Waals surface area (Å²) in [4.78, 5) is 10.6. The molecule has 0 unspecified atom stereocenters. The third kappa shape index (κ3) is 3.15. The van der Waals surface area contributed by atoms with Gasteiger partial charge in [-0.2, -0.15) is 4.31 Å². The van der Waals surface area contributed by atoms with Crippen LogP contribution in [0.1, 0.15) is 13.3 Å². The van der Waals surface area contributed by atoms with E-state index >= 15 is 0 Å². The molecule has 15 heavy (non-hydrogen) atoms. The Morgan fingerprint density at radius 1 is 1.60 bits per heavy atom. The summed E-state index contributed by atoms with van der Waals surface area (Å²) < 4.78 is 24.1. The van der Waals surface area contributed by atoms with Gasteiger partial charge in [0.1, 0.15) is 0 Å². The minimum atomic E-state index is -3.24. The standard InChI is InChI=1S/C8H16N2O4S/c1-6-7(5-8(11)12)9-3-4-10(6)15(2,13)14/h6-7,9H,3-5H2,1-2H3,(H,11,12)/t6-,7+/m1/s1. The van der Waals surface area contributed by atoms with Crippen molar-refractivity contribution in [3.8, 4) is 0 Å². The summed E-state index contributed by atoms with van der Waals surface area (Å²) in [6.07, 6.45) is 1.08. The molecular weight excluding hydrogens is 220 g/mol. The van der Waals surface area contributed by atoms with Crippen molar-refractivity contribution in [2.45, 2.75) is 25.4 Å². The van der Waals surface area contributed by atoms with Crippen molar-refractivity contribution < 1.29 is 18.3 Å². The lowest BCUT2D eigenvalue weighted by Gasteiger charge is -2.37. The van der Waals surface area contributed by atoms with E-state index in [0.717, 1.165) is 6.26 Å². The topological polar surface area (TPSA) is 86.7 Å². The van der Waals surface area contributed by atoms with Gasteiger partial charge in [-0.25, -0.2) is 8.42 Å². The van der Waals surface area contributed by atoms with Gasteiger partial charge >= 0.3 is 5.97 Å². The average molecular weight is 236 g/mol. The highest BCUT2D eigenvalue weighted by atomic mass is 32.2. The number of nitrogens with zero attached hydrogens (tertiary/aromatic N) is 1. The SMILES string of the molecule is C[C@@H]1[C@H](CC(=O)O)NCCN1S(C)(=O)=O. The van der Waals surface area contributed by atoms with Crippen LogP contribution in [-0.2, 0) is 14.8 Å². The van der Waals surface area contributed by atoms with Crippen LogP contribution in [0.2, 0.25) is 0 Å². The molecule has 0 aliphatic carbocycles. The van der Waals surface area contributed by atoms with Crippen molar-refractivity contribution >= 4 is 16.0 Å². The van der Waals surface area contributed by atoms with Crippen molar-refractivity contribution in [1.29, 1.82) is 0 Å². The average Bonchev–Trinajstić information content (AvgIpc) is 2.05. The Bertz CT molecular complexity index is 341. The van der Waals surface area contributed by atoms with Crippen LogP contribution in [0.5, 0.6) is 0 Å². The molecule has 2 N–H and O–H groups in total. The molecule has 0 saturated carbocycles. The summed E-state index contributed by atoms with van der Waals surface area (Å²) in [5.74, 6) is -0.922. The van der Waals surface area contributed by atoms with Crippen molar-refractivity contribution in [3.05, 3.63) is 0 Å². The smallest absolute Gasteiger partial charge is 0.304 e. The summed E-state index contributed by atoms with van der Waals surface area (Å²) in [6, 6.07) is -0.629. The fraction of sp³-hybridized carbons (Fsp3) is 0.875. The summed E-state index contributed by atoms with van der Waals surface area (Å²) >= 11 is 0. The van der Waals surface area contributed by atoms with Gasteiger partial charge in [0.15, 0.2) is 0 Å². The highest BCUT2D eigenvalue weighted by Gasteiger charge is 2.33. The number of nitrogens with one attached hydrogen (secondary N) is 1. The van der Waals surface area contributed by atoms with E-state index in [1.165, 1.54) is 4.31 Å². The molecule has 0 aromatic rings. The van der Waals surface area contributed by atoms with Crippen LogP contribution in [0.25, 0.3) is 0 Å². The van der Waals surface area contributed by atoms with E-state index in [2.05, 4.69) is 5.32 Å².